The number of carbonyl (C=O) groups is 3. The maximum Gasteiger partial charge on any atom is 0.328 e. The van der Waals surface area contributed by atoms with Crippen molar-refractivity contribution in [2.75, 3.05) is 12.3 Å². The zero-order chi connectivity index (χ0) is 20.9. The van der Waals surface area contributed by atoms with Crippen LogP contribution in [-0.4, -0.2) is 65.9 Å². The molecule has 0 aliphatic rings. The van der Waals surface area contributed by atoms with E-state index in [1.54, 1.807) is 0 Å². The van der Waals surface area contributed by atoms with Gasteiger partial charge in [0.25, 0.3) is 0 Å². The average Bonchev–Trinajstić information content (AvgIpc) is 2.43. The van der Waals surface area contributed by atoms with Gasteiger partial charge in [-0.25, -0.2) is 0 Å². The van der Waals surface area contributed by atoms with E-state index in [0.717, 1.165) is 6.92 Å². The molecule has 26 heavy (non-hydrogen) atoms. The number of aliphatic carboxylic acids is 3. The second-order valence-corrected chi connectivity index (χ2v) is 10.9. The molecule has 0 saturated heterocycles. The van der Waals surface area contributed by atoms with E-state index in [1.165, 1.54) is 6.92 Å². The predicted octanol–water partition coefficient (Wildman–Crippen LogP) is 0.725. The van der Waals surface area contributed by atoms with Crippen LogP contribution in [0.1, 0.15) is 26.7 Å². The van der Waals surface area contributed by atoms with E-state index in [9.17, 15) is 33.5 Å². The lowest BCUT2D eigenvalue weighted by Crippen LogP contribution is -2.28. The van der Waals surface area contributed by atoms with Crippen LogP contribution in [0.4, 0.5) is 0 Å². The van der Waals surface area contributed by atoms with E-state index in [2.05, 4.69) is 0 Å². The van der Waals surface area contributed by atoms with Crippen molar-refractivity contribution >= 4 is 32.9 Å². The third-order valence-corrected chi connectivity index (χ3v) is 7.71. The number of rotatable bonds is 12. The molecule has 0 aromatic rings. The molecule has 0 rings (SSSR count). The van der Waals surface area contributed by atoms with E-state index in [4.69, 9.17) is 20.0 Å². The van der Waals surface area contributed by atoms with E-state index >= 15 is 0 Å². The molecule has 0 aliphatic carbocycles. The van der Waals surface area contributed by atoms with E-state index in [0.29, 0.717) is 0 Å². The normalized spacial score (nSPS) is 19.0. The molecule has 5 atom stereocenters. The van der Waals surface area contributed by atoms with Gasteiger partial charge in [-0.2, -0.15) is 0 Å². The molecule has 0 aliphatic heterocycles. The lowest BCUT2D eigenvalue weighted by Gasteiger charge is -2.23. The number of hydrogen-bond donors (Lipinski definition) is 6. The molecule has 0 fully saturated rings. The van der Waals surface area contributed by atoms with Gasteiger partial charge in [0, 0.05) is 12.3 Å². The molecule has 0 saturated carbocycles. The fourth-order valence-electron chi connectivity index (χ4n) is 2.36. The summed E-state index contributed by atoms with van der Waals surface area (Å²) in [6.45, 7) is 2.31. The smallest absolute Gasteiger partial charge is 0.328 e. The molecular formula is C13H24O11P2. The van der Waals surface area contributed by atoms with Crippen LogP contribution in [-0.2, 0) is 23.5 Å². The number of carboxylic acid groups (broad SMARTS) is 3. The van der Waals surface area contributed by atoms with Gasteiger partial charge in [0.2, 0.25) is 7.37 Å². The monoisotopic (exact) mass is 418 g/mol. The maximum absolute atomic E-state index is 12.2. The molecule has 0 heterocycles. The Morgan fingerprint density at radius 1 is 0.769 bits per heavy atom. The molecule has 0 aromatic heterocycles. The fraction of sp³-hybridized carbons (Fsp3) is 0.769. The Morgan fingerprint density at radius 3 is 1.58 bits per heavy atom. The molecule has 6 N–H and O–H groups in total. The first-order valence-electron chi connectivity index (χ1n) is 7.61. The van der Waals surface area contributed by atoms with Crippen molar-refractivity contribution in [2.45, 2.75) is 32.3 Å². The molecule has 0 bridgehead atoms. The second-order valence-electron chi connectivity index (χ2n) is 6.43. The fourth-order valence-corrected chi connectivity index (χ4v) is 5.95. The molecular weight excluding hydrogens is 394 g/mol. The van der Waals surface area contributed by atoms with Gasteiger partial charge in [-0.1, -0.05) is 13.8 Å². The summed E-state index contributed by atoms with van der Waals surface area (Å²) in [5.74, 6) is -8.22. The third-order valence-electron chi connectivity index (χ3n) is 3.96. The molecule has 0 spiro atoms. The predicted molar refractivity (Wildman–Crippen MR) is 89.4 cm³/mol. The summed E-state index contributed by atoms with van der Waals surface area (Å²) in [6, 6.07) is 0. The molecule has 0 amide bonds. The number of hydrogen-bond acceptors (Lipinski definition) is 5. The van der Waals surface area contributed by atoms with Gasteiger partial charge in [-0.05, 0) is 12.8 Å². The summed E-state index contributed by atoms with van der Waals surface area (Å²) in [6.07, 6.45) is -2.61. The van der Waals surface area contributed by atoms with Crippen LogP contribution >= 0.6 is 15.0 Å². The van der Waals surface area contributed by atoms with Crippen molar-refractivity contribution in [1.82, 2.24) is 0 Å². The lowest BCUT2D eigenvalue weighted by atomic mass is 9.88. The second kappa shape index (κ2) is 9.62. The minimum absolute atomic E-state index is 0.358. The highest BCUT2D eigenvalue weighted by Crippen LogP contribution is 2.52. The zero-order valence-corrected chi connectivity index (χ0v) is 16.0. The van der Waals surface area contributed by atoms with Crippen LogP contribution in [0.15, 0.2) is 0 Å². The van der Waals surface area contributed by atoms with Gasteiger partial charge in [0.15, 0.2) is 0 Å². The standard InChI is InChI=1S/C13H24O11P2/c1-7(11(14)15)3-9(12(16)17)4-10(13(18)19)6-25(20,21)5-8(2)26(22,23)24/h7-10H,3-6H2,1-2H3,(H,14,15)(H,16,17)(H,18,19)(H,20,21)(H2,22,23,24). The summed E-state index contributed by atoms with van der Waals surface area (Å²) in [7, 11) is -8.91. The van der Waals surface area contributed by atoms with Crippen LogP contribution in [0, 0.1) is 17.8 Å². The Kier molecular flexibility index (Phi) is 9.16. The first-order valence-corrected chi connectivity index (χ1v) is 11.3. The first-order chi connectivity index (χ1) is 11.6. The Hall–Kier alpha value is -1.25. The Balaban J connectivity index is 5.25. The summed E-state index contributed by atoms with van der Waals surface area (Å²) < 4.78 is 23.3. The minimum Gasteiger partial charge on any atom is -0.481 e. The molecule has 5 unspecified atom stereocenters. The Labute approximate surface area is 149 Å². The van der Waals surface area contributed by atoms with Gasteiger partial charge in [0.05, 0.1) is 23.4 Å². The molecule has 0 radical (unpaired) electrons. The molecule has 0 aromatic carbocycles. The topological polar surface area (TPSA) is 207 Å². The zero-order valence-electron chi connectivity index (χ0n) is 14.3. The van der Waals surface area contributed by atoms with Gasteiger partial charge >= 0.3 is 25.5 Å². The van der Waals surface area contributed by atoms with Gasteiger partial charge < -0.3 is 30.0 Å². The van der Waals surface area contributed by atoms with Crippen molar-refractivity contribution in [3.63, 3.8) is 0 Å². The summed E-state index contributed by atoms with van der Waals surface area (Å²) in [5.41, 5.74) is -1.46. The molecule has 152 valence electrons. The SMILES string of the molecule is CC(CC(CC(CP(=O)(O)CC(C)P(=O)(O)O)C(=O)O)C(=O)O)C(=O)O. The van der Waals surface area contributed by atoms with Crippen LogP contribution in [0.5, 0.6) is 0 Å². The van der Waals surface area contributed by atoms with Gasteiger partial charge in [-0.15, -0.1) is 0 Å². The largest absolute Gasteiger partial charge is 0.481 e. The highest BCUT2D eigenvalue weighted by Gasteiger charge is 2.37. The van der Waals surface area contributed by atoms with Gasteiger partial charge in [-0.3, -0.25) is 23.5 Å². The van der Waals surface area contributed by atoms with Crippen molar-refractivity contribution in [3.8, 4) is 0 Å². The van der Waals surface area contributed by atoms with Crippen LogP contribution in [0.3, 0.4) is 0 Å². The number of carboxylic acids is 3. The first kappa shape index (κ1) is 24.8. The third kappa shape index (κ3) is 8.91. The van der Waals surface area contributed by atoms with E-state index in [-0.39, 0.29) is 6.42 Å². The van der Waals surface area contributed by atoms with Crippen LogP contribution in [0.25, 0.3) is 0 Å². The van der Waals surface area contributed by atoms with Crippen molar-refractivity contribution in [3.05, 3.63) is 0 Å². The van der Waals surface area contributed by atoms with E-state index < -0.39 is 75.0 Å². The Bertz CT molecular complexity index is 626. The highest BCUT2D eigenvalue weighted by atomic mass is 31.2. The van der Waals surface area contributed by atoms with Crippen LogP contribution in [0.2, 0.25) is 0 Å². The molecule has 13 heteroatoms. The molecule has 11 nitrogen and oxygen atoms in total. The highest BCUT2D eigenvalue weighted by molar-refractivity contribution is 7.60. The van der Waals surface area contributed by atoms with Crippen molar-refractivity contribution in [2.24, 2.45) is 17.8 Å². The van der Waals surface area contributed by atoms with Crippen molar-refractivity contribution in [1.29, 1.82) is 0 Å². The van der Waals surface area contributed by atoms with Crippen molar-refractivity contribution < 1.29 is 53.5 Å². The Morgan fingerprint density at radius 2 is 1.23 bits per heavy atom. The summed E-state index contributed by atoms with van der Waals surface area (Å²) in [4.78, 5) is 61.3. The summed E-state index contributed by atoms with van der Waals surface area (Å²) in [5, 5.41) is 27.2. The van der Waals surface area contributed by atoms with Crippen LogP contribution < -0.4 is 0 Å². The van der Waals surface area contributed by atoms with Gasteiger partial charge in [0.1, 0.15) is 0 Å². The maximum atomic E-state index is 12.2. The average molecular weight is 418 g/mol. The lowest BCUT2D eigenvalue weighted by molar-refractivity contribution is -0.147. The minimum atomic E-state index is -4.63. The summed E-state index contributed by atoms with van der Waals surface area (Å²) >= 11 is 0. The quantitative estimate of drug-likeness (QED) is 0.243. The van der Waals surface area contributed by atoms with E-state index in [1.807, 2.05) is 0 Å².